The minimum absolute atomic E-state index is 0.0685. The summed E-state index contributed by atoms with van der Waals surface area (Å²) in [5.74, 6) is -16.8. The van der Waals surface area contributed by atoms with Crippen LogP contribution in [0.15, 0.2) is 0 Å². The molecule has 54 heavy (non-hydrogen) atoms. The Kier molecular flexibility index (Phi) is 23.0. The first-order valence-electron chi connectivity index (χ1n) is 15.7. The summed E-state index contributed by atoms with van der Waals surface area (Å²) in [6, 6.07) is 0. The van der Waals surface area contributed by atoms with E-state index in [1.165, 1.54) is 0 Å². The third-order valence-electron chi connectivity index (χ3n) is 5.94. The van der Waals surface area contributed by atoms with Gasteiger partial charge in [-0.25, -0.2) is 35.1 Å². The van der Waals surface area contributed by atoms with Crippen molar-refractivity contribution >= 4 is 0 Å². The van der Waals surface area contributed by atoms with E-state index in [9.17, 15) is 70.2 Å². The first-order chi connectivity index (χ1) is 24.6. The van der Waals surface area contributed by atoms with E-state index in [1.54, 1.807) is 0 Å². The van der Waals surface area contributed by atoms with Gasteiger partial charge in [0.15, 0.2) is 0 Å². The Morgan fingerprint density at radius 1 is 0.296 bits per heavy atom. The molecule has 0 saturated carbocycles. The SMILES string of the molecule is OCC(F)(F)CC(F)(F)OCCOCC(F)(F)CC(F)(F)OCCOCCCCOCCOC(F)(F)CC(F)(F)COCCOC(F)(F)CC(F)(F)CO. The highest BCUT2D eigenvalue weighted by Crippen LogP contribution is 2.34. The van der Waals surface area contributed by atoms with Crippen molar-refractivity contribution in [2.75, 3.05) is 92.5 Å². The summed E-state index contributed by atoms with van der Waals surface area (Å²) in [6.45, 7) is -14.2. The molecule has 0 aliphatic carbocycles. The molecule has 0 aliphatic heterocycles. The fourth-order valence-electron chi connectivity index (χ4n) is 3.68. The van der Waals surface area contributed by atoms with Gasteiger partial charge in [0.25, 0.3) is 23.7 Å². The zero-order valence-electron chi connectivity index (χ0n) is 28.3. The molecule has 0 amide bonds. The van der Waals surface area contributed by atoms with Crippen molar-refractivity contribution in [1.82, 2.24) is 0 Å². The lowest BCUT2D eigenvalue weighted by Crippen LogP contribution is -2.37. The second kappa shape index (κ2) is 23.6. The van der Waals surface area contributed by atoms with Gasteiger partial charge in [-0.15, -0.1) is 0 Å². The Balaban J connectivity index is 4.01. The predicted octanol–water partition coefficient (Wildman–Crippen LogP) is 6.36. The molecule has 0 aliphatic rings. The van der Waals surface area contributed by atoms with Crippen molar-refractivity contribution in [3.63, 3.8) is 0 Å². The Hall–Kier alpha value is -1.52. The molecule has 0 aromatic heterocycles. The van der Waals surface area contributed by atoms with E-state index < -0.39 is 153 Å². The van der Waals surface area contributed by atoms with Gasteiger partial charge in [0.2, 0.25) is 0 Å². The first kappa shape index (κ1) is 52.5. The number of rotatable bonds is 35. The van der Waals surface area contributed by atoms with E-state index in [4.69, 9.17) is 19.7 Å². The Bertz CT molecular complexity index is 921. The highest BCUT2D eigenvalue weighted by atomic mass is 19.3. The molecular weight excluding hydrogens is 800 g/mol. The molecule has 0 radical (unpaired) electrons. The van der Waals surface area contributed by atoms with Crippen LogP contribution in [0.3, 0.4) is 0 Å². The quantitative estimate of drug-likeness (QED) is 0.0553. The van der Waals surface area contributed by atoms with Crippen LogP contribution in [0, 0.1) is 0 Å². The third kappa shape index (κ3) is 28.8. The van der Waals surface area contributed by atoms with Crippen molar-refractivity contribution < 1.29 is 118 Å². The number of aliphatic hydroxyl groups is 2. The summed E-state index contributed by atoms with van der Waals surface area (Å²) in [5, 5.41) is 16.6. The summed E-state index contributed by atoms with van der Waals surface area (Å²) in [7, 11) is 0. The van der Waals surface area contributed by atoms with E-state index in [0.717, 1.165) is 0 Å². The van der Waals surface area contributed by atoms with Gasteiger partial charge < -0.3 is 48.1 Å². The van der Waals surface area contributed by atoms with Crippen LogP contribution in [0.5, 0.6) is 0 Å². The molecule has 26 heteroatoms. The monoisotopic (exact) mass is 842 g/mol. The normalized spacial score (nSPS) is 14.3. The fraction of sp³-hybridized carbons (Fsp3) is 1.00. The van der Waals surface area contributed by atoms with Crippen molar-refractivity contribution in [1.29, 1.82) is 0 Å². The van der Waals surface area contributed by atoms with Crippen LogP contribution < -0.4 is 0 Å². The van der Waals surface area contributed by atoms with Crippen LogP contribution in [0.25, 0.3) is 0 Å². The summed E-state index contributed by atoms with van der Waals surface area (Å²) < 4.78 is 248. The molecule has 0 atom stereocenters. The van der Waals surface area contributed by atoms with Crippen LogP contribution in [-0.4, -0.2) is 151 Å². The van der Waals surface area contributed by atoms with Crippen molar-refractivity contribution in [3.05, 3.63) is 0 Å². The van der Waals surface area contributed by atoms with E-state index in [0.29, 0.717) is 0 Å². The van der Waals surface area contributed by atoms with Gasteiger partial charge in [-0.2, -0.15) is 35.1 Å². The Labute approximate surface area is 298 Å². The molecule has 326 valence electrons. The van der Waals surface area contributed by atoms with Crippen LogP contribution in [0.4, 0.5) is 70.2 Å². The molecular formula is C28H42F16O10. The molecule has 0 fully saturated rings. The molecule has 0 rings (SSSR count). The summed E-state index contributed by atoms with van der Waals surface area (Å²) in [5.41, 5.74) is 0. The van der Waals surface area contributed by atoms with Crippen molar-refractivity contribution in [3.8, 4) is 0 Å². The maximum Gasteiger partial charge on any atom is 0.361 e. The standard InChI is InChI=1S/C28H42F16O10/c29-21(30,17-45)13-25(37,38)53-11-7-49-19-23(33,34)15-27(41,42)51-9-5-47-3-1-2-4-48-6-10-52-28(43,44)16-24(35,36)20-50-8-12-54-26(39,40)14-22(31,32)18-46/h45-46H,1-20H2. The first-order valence-corrected chi connectivity index (χ1v) is 15.7. The average Bonchev–Trinajstić information content (AvgIpc) is 2.98. The van der Waals surface area contributed by atoms with Crippen LogP contribution >= 0.6 is 0 Å². The van der Waals surface area contributed by atoms with E-state index in [1.807, 2.05) is 0 Å². The minimum Gasteiger partial charge on any atom is -0.390 e. The maximum atomic E-state index is 13.8. The van der Waals surface area contributed by atoms with Gasteiger partial charge >= 0.3 is 24.4 Å². The summed E-state index contributed by atoms with van der Waals surface area (Å²) in [6.07, 6.45) is -25.9. The van der Waals surface area contributed by atoms with Gasteiger partial charge in [0, 0.05) is 13.2 Å². The van der Waals surface area contributed by atoms with Crippen molar-refractivity contribution in [2.24, 2.45) is 0 Å². The number of unbranched alkanes of at least 4 members (excludes halogenated alkanes) is 1. The molecule has 2 N–H and O–H groups in total. The van der Waals surface area contributed by atoms with Gasteiger partial charge in [-0.1, -0.05) is 0 Å². The number of aliphatic hydroxyl groups excluding tert-OH is 2. The third-order valence-corrected chi connectivity index (χ3v) is 5.94. The van der Waals surface area contributed by atoms with Gasteiger partial charge in [-0.05, 0) is 12.8 Å². The smallest absolute Gasteiger partial charge is 0.361 e. The predicted molar refractivity (Wildman–Crippen MR) is 149 cm³/mol. The Morgan fingerprint density at radius 3 is 0.796 bits per heavy atom. The largest absolute Gasteiger partial charge is 0.390 e. The average molecular weight is 843 g/mol. The highest BCUT2D eigenvalue weighted by Gasteiger charge is 2.47. The molecule has 0 heterocycles. The molecule has 0 bridgehead atoms. The topological polar surface area (TPSA) is 114 Å². The lowest BCUT2D eigenvalue weighted by atomic mass is 10.2. The van der Waals surface area contributed by atoms with Gasteiger partial charge in [-0.3, -0.25) is 0 Å². The van der Waals surface area contributed by atoms with Gasteiger partial charge in [0.1, 0.15) is 52.1 Å². The van der Waals surface area contributed by atoms with Crippen LogP contribution in [0.1, 0.15) is 38.5 Å². The molecule has 0 saturated heterocycles. The fourth-order valence-corrected chi connectivity index (χ4v) is 3.68. The van der Waals surface area contributed by atoms with E-state index >= 15 is 0 Å². The number of hydrogen-bond donors (Lipinski definition) is 2. The zero-order chi connectivity index (χ0) is 41.8. The van der Waals surface area contributed by atoms with Crippen LogP contribution in [0.2, 0.25) is 0 Å². The Morgan fingerprint density at radius 2 is 0.537 bits per heavy atom. The lowest BCUT2D eigenvalue weighted by molar-refractivity contribution is -0.286. The second-order valence-corrected chi connectivity index (χ2v) is 11.4. The molecule has 0 aromatic carbocycles. The lowest BCUT2D eigenvalue weighted by Gasteiger charge is -2.24. The van der Waals surface area contributed by atoms with Crippen LogP contribution in [-0.2, 0) is 37.9 Å². The maximum absolute atomic E-state index is 13.8. The zero-order valence-corrected chi connectivity index (χ0v) is 28.3. The molecule has 0 unspecified atom stereocenters. The van der Waals surface area contributed by atoms with Crippen molar-refractivity contribution in [2.45, 2.75) is 86.6 Å². The number of alkyl halides is 16. The molecule has 10 nitrogen and oxygen atoms in total. The second-order valence-electron chi connectivity index (χ2n) is 11.4. The summed E-state index contributed by atoms with van der Waals surface area (Å²) >= 11 is 0. The highest BCUT2D eigenvalue weighted by molar-refractivity contribution is 4.74. The minimum atomic E-state index is -4.43. The van der Waals surface area contributed by atoms with E-state index in [2.05, 4.69) is 28.4 Å². The molecule has 0 spiro atoms. The van der Waals surface area contributed by atoms with E-state index in [-0.39, 0.29) is 26.1 Å². The molecule has 0 aromatic rings. The number of halogens is 16. The summed E-state index contributed by atoms with van der Waals surface area (Å²) in [4.78, 5) is 0. The van der Waals surface area contributed by atoms with Gasteiger partial charge in [0.05, 0.1) is 52.9 Å². The number of ether oxygens (including phenoxy) is 8. The number of hydrogen-bond acceptors (Lipinski definition) is 10.